The van der Waals surface area contributed by atoms with Crippen LogP contribution in [-0.4, -0.2) is 15.6 Å². The van der Waals surface area contributed by atoms with Gasteiger partial charge in [0.2, 0.25) is 0 Å². The van der Waals surface area contributed by atoms with Crippen molar-refractivity contribution < 1.29 is 9.90 Å². The first-order chi connectivity index (χ1) is 10.4. The molecule has 1 atom stereocenters. The molecule has 4 nitrogen and oxygen atoms in total. The maximum Gasteiger partial charge on any atom is 0.326 e. The Labute approximate surface area is 137 Å². The highest BCUT2D eigenvalue weighted by Crippen LogP contribution is 2.18. The molecule has 0 aliphatic heterocycles. The van der Waals surface area contributed by atoms with E-state index >= 15 is 0 Å². The smallest absolute Gasteiger partial charge is 0.326 e. The quantitative estimate of drug-likeness (QED) is 0.884. The second-order valence-electron chi connectivity index (χ2n) is 5.43. The molecule has 22 heavy (non-hydrogen) atoms. The molecule has 2 aromatic rings. The Hall–Kier alpha value is -1.88. The zero-order valence-electron chi connectivity index (χ0n) is 12.5. The van der Waals surface area contributed by atoms with Crippen LogP contribution in [0.2, 0.25) is 0 Å². The molecule has 5 heteroatoms. The summed E-state index contributed by atoms with van der Waals surface area (Å²) in [6.07, 6.45) is 2.52. The summed E-state index contributed by atoms with van der Waals surface area (Å²) < 4.78 is 2.00. The van der Waals surface area contributed by atoms with Gasteiger partial charge in [0.25, 0.3) is 5.56 Å². The summed E-state index contributed by atoms with van der Waals surface area (Å²) in [6, 6.07) is 8.80. The number of carboxylic acids is 1. The number of pyridine rings is 1. The van der Waals surface area contributed by atoms with E-state index in [0.29, 0.717) is 22.9 Å². The number of hydrogen-bond acceptors (Lipinski definition) is 2. The fourth-order valence-electron chi connectivity index (χ4n) is 2.37. The number of nitrogens with zero attached hydrogens (tertiary/aromatic N) is 1. The van der Waals surface area contributed by atoms with Gasteiger partial charge in [-0.05, 0) is 54.2 Å². The first kappa shape index (κ1) is 16.5. The molecule has 0 spiro atoms. The Morgan fingerprint density at radius 3 is 2.50 bits per heavy atom. The van der Waals surface area contributed by atoms with E-state index in [9.17, 15) is 14.7 Å². The minimum absolute atomic E-state index is 0.264. The number of carbonyl (C=O) groups is 1. The van der Waals surface area contributed by atoms with E-state index in [1.165, 1.54) is 4.57 Å². The average molecular weight is 364 g/mol. The fourth-order valence-corrected chi connectivity index (χ4v) is 2.94. The van der Waals surface area contributed by atoms with Gasteiger partial charge in [0.15, 0.2) is 0 Å². The van der Waals surface area contributed by atoms with Gasteiger partial charge in [0, 0.05) is 16.2 Å². The summed E-state index contributed by atoms with van der Waals surface area (Å²) in [6.45, 7) is 3.69. The first-order valence-corrected chi connectivity index (χ1v) is 7.84. The third kappa shape index (κ3) is 3.85. The minimum Gasteiger partial charge on any atom is -0.480 e. The molecule has 0 bridgehead atoms. The highest BCUT2D eigenvalue weighted by molar-refractivity contribution is 9.10. The normalized spacial score (nSPS) is 12.1. The molecule has 116 valence electrons. The molecule has 0 aliphatic rings. The van der Waals surface area contributed by atoms with E-state index in [4.69, 9.17) is 0 Å². The van der Waals surface area contributed by atoms with Gasteiger partial charge in [-0.25, -0.2) is 4.79 Å². The van der Waals surface area contributed by atoms with E-state index in [1.807, 2.05) is 31.2 Å². The maximum atomic E-state index is 12.2. The molecule has 1 aromatic heterocycles. The van der Waals surface area contributed by atoms with Crippen molar-refractivity contribution in [2.24, 2.45) is 0 Å². The van der Waals surface area contributed by atoms with Gasteiger partial charge in [-0.3, -0.25) is 9.36 Å². The van der Waals surface area contributed by atoms with E-state index in [2.05, 4.69) is 15.9 Å². The van der Waals surface area contributed by atoms with Crippen LogP contribution in [0.1, 0.15) is 29.2 Å². The molecular formula is C17H18BrNO3. The summed E-state index contributed by atoms with van der Waals surface area (Å²) in [7, 11) is 0. The van der Waals surface area contributed by atoms with Crippen molar-refractivity contribution in [3.8, 4) is 0 Å². The van der Waals surface area contributed by atoms with Gasteiger partial charge in [0.05, 0.1) is 0 Å². The third-order valence-electron chi connectivity index (χ3n) is 3.64. The zero-order chi connectivity index (χ0) is 16.3. The summed E-state index contributed by atoms with van der Waals surface area (Å²) in [5.74, 6) is -0.994. The molecule has 0 radical (unpaired) electrons. The highest BCUT2D eigenvalue weighted by atomic mass is 79.9. The Morgan fingerprint density at radius 2 is 1.91 bits per heavy atom. The summed E-state index contributed by atoms with van der Waals surface area (Å²) in [4.78, 5) is 23.8. The summed E-state index contributed by atoms with van der Waals surface area (Å²) >= 11 is 3.32. The van der Waals surface area contributed by atoms with Gasteiger partial charge < -0.3 is 5.11 Å². The molecule has 1 aromatic carbocycles. The topological polar surface area (TPSA) is 59.3 Å². The van der Waals surface area contributed by atoms with Crippen LogP contribution >= 0.6 is 15.9 Å². The predicted octanol–water partition coefficient (Wildman–Crippen LogP) is 3.49. The summed E-state index contributed by atoms with van der Waals surface area (Å²) in [5, 5.41) is 9.48. The van der Waals surface area contributed by atoms with E-state index in [0.717, 1.165) is 11.1 Å². The van der Waals surface area contributed by atoms with Gasteiger partial charge in [-0.15, -0.1) is 0 Å². The number of aryl methyl sites for hydroxylation is 3. The standard InChI is InChI=1S/C17H18BrNO3/c1-11-3-5-13(6-4-11)7-8-15(17(21)22)19-10-14(18)9-12(2)16(19)20/h3-6,9-10,15H,7-8H2,1-2H3,(H,21,22). The van der Waals surface area contributed by atoms with Crippen LogP contribution < -0.4 is 5.56 Å². The second-order valence-corrected chi connectivity index (χ2v) is 6.35. The first-order valence-electron chi connectivity index (χ1n) is 7.05. The van der Waals surface area contributed by atoms with Crippen molar-refractivity contribution in [1.29, 1.82) is 0 Å². The Morgan fingerprint density at radius 1 is 1.27 bits per heavy atom. The lowest BCUT2D eigenvalue weighted by Gasteiger charge is -2.17. The number of aliphatic carboxylic acids is 1. The van der Waals surface area contributed by atoms with Crippen LogP contribution in [0.15, 0.2) is 45.8 Å². The molecule has 0 saturated carbocycles. The van der Waals surface area contributed by atoms with Gasteiger partial charge in [-0.1, -0.05) is 29.8 Å². The van der Waals surface area contributed by atoms with Crippen molar-refractivity contribution in [2.75, 3.05) is 0 Å². The van der Waals surface area contributed by atoms with Crippen LogP contribution in [0.5, 0.6) is 0 Å². The lowest BCUT2D eigenvalue weighted by Crippen LogP contribution is -2.31. The SMILES string of the molecule is Cc1ccc(CCC(C(=O)O)n2cc(Br)cc(C)c2=O)cc1. The molecule has 2 rings (SSSR count). The van der Waals surface area contributed by atoms with Crippen LogP contribution in [0.3, 0.4) is 0 Å². The Bertz CT molecular complexity index is 735. The fraction of sp³-hybridized carbons (Fsp3) is 0.294. The van der Waals surface area contributed by atoms with Crippen LogP contribution in [0.4, 0.5) is 0 Å². The lowest BCUT2D eigenvalue weighted by atomic mass is 10.0. The van der Waals surface area contributed by atoms with E-state index in [1.54, 1.807) is 19.2 Å². The van der Waals surface area contributed by atoms with Crippen molar-refractivity contribution in [3.05, 3.63) is 68.0 Å². The predicted molar refractivity (Wildman–Crippen MR) is 89.3 cm³/mol. The second kappa shape index (κ2) is 6.92. The van der Waals surface area contributed by atoms with Crippen LogP contribution in [0, 0.1) is 13.8 Å². The molecule has 1 heterocycles. The molecule has 1 unspecified atom stereocenters. The maximum absolute atomic E-state index is 12.2. The van der Waals surface area contributed by atoms with E-state index < -0.39 is 12.0 Å². The molecule has 0 aliphatic carbocycles. The minimum atomic E-state index is -0.994. The van der Waals surface area contributed by atoms with Crippen LogP contribution in [0.25, 0.3) is 0 Å². The Balaban J connectivity index is 2.26. The number of aromatic nitrogens is 1. The van der Waals surface area contributed by atoms with Crippen molar-refractivity contribution in [3.63, 3.8) is 0 Å². The average Bonchev–Trinajstić information content (AvgIpc) is 2.45. The lowest BCUT2D eigenvalue weighted by molar-refractivity contribution is -0.141. The third-order valence-corrected chi connectivity index (χ3v) is 4.07. The molecular weight excluding hydrogens is 346 g/mol. The van der Waals surface area contributed by atoms with E-state index in [-0.39, 0.29) is 5.56 Å². The Kier molecular flexibility index (Phi) is 5.19. The van der Waals surface area contributed by atoms with Crippen molar-refractivity contribution >= 4 is 21.9 Å². The number of carboxylic acid groups (broad SMARTS) is 1. The molecule has 1 N–H and O–H groups in total. The molecule has 0 saturated heterocycles. The number of hydrogen-bond donors (Lipinski definition) is 1. The number of benzene rings is 1. The highest BCUT2D eigenvalue weighted by Gasteiger charge is 2.21. The summed E-state index contributed by atoms with van der Waals surface area (Å²) in [5.41, 5.74) is 2.49. The van der Waals surface area contributed by atoms with Gasteiger partial charge in [-0.2, -0.15) is 0 Å². The van der Waals surface area contributed by atoms with Crippen molar-refractivity contribution in [1.82, 2.24) is 4.57 Å². The molecule has 0 amide bonds. The monoisotopic (exact) mass is 363 g/mol. The molecule has 0 fully saturated rings. The largest absolute Gasteiger partial charge is 0.480 e. The zero-order valence-corrected chi connectivity index (χ0v) is 14.1. The van der Waals surface area contributed by atoms with Crippen LogP contribution in [-0.2, 0) is 11.2 Å². The van der Waals surface area contributed by atoms with Crippen molar-refractivity contribution in [2.45, 2.75) is 32.7 Å². The number of rotatable bonds is 5. The van der Waals surface area contributed by atoms with Gasteiger partial charge in [0.1, 0.15) is 6.04 Å². The van der Waals surface area contributed by atoms with Gasteiger partial charge >= 0.3 is 5.97 Å². The number of halogens is 1.